The quantitative estimate of drug-likeness (QED) is 0.883. The van der Waals surface area contributed by atoms with E-state index in [4.69, 9.17) is 10.5 Å². The summed E-state index contributed by atoms with van der Waals surface area (Å²) in [6, 6.07) is 7.73. The minimum absolute atomic E-state index is 0.0305. The predicted molar refractivity (Wildman–Crippen MR) is 79.7 cm³/mol. The van der Waals surface area contributed by atoms with Crippen LogP contribution in [0, 0.1) is 0 Å². The van der Waals surface area contributed by atoms with Gasteiger partial charge in [-0.15, -0.1) is 11.3 Å². The number of anilines is 1. The average molecular weight is 278 g/mol. The van der Waals surface area contributed by atoms with Crippen LogP contribution >= 0.6 is 11.3 Å². The van der Waals surface area contributed by atoms with Crippen LogP contribution in [0.15, 0.2) is 24.3 Å². The molecule has 19 heavy (non-hydrogen) atoms. The van der Waals surface area contributed by atoms with Crippen molar-refractivity contribution < 1.29 is 9.53 Å². The first-order chi connectivity index (χ1) is 9.13. The minimum atomic E-state index is -0.133. The van der Waals surface area contributed by atoms with Gasteiger partial charge in [0.05, 0.1) is 12.3 Å². The molecule has 2 aromatic rings. The molecule has 2 rings (SSSR count). The third-order valence-corrected chi connectivity index (χ3v) is 3.97. The zero-order valence-electron chi connectivity index (χ0n) is 11.1. The summed E-state index contributed by atoms with van der Waals surface area (Å²) in [6.45, 7) is 4.99. The Bertz CT molecular complexity index is 580. The van der Waals surface area contributed by atoms with Crippen molar-refractivity contribution in [3.8, 4) is 0 Å². The molecule has 4 nitrogen and oxygen atoms in total. The standard InChI is InChI=1S/C14H18N2O2S/c1-3-18-8-9(2)16-14(17)13-12(15)10-6-4-5-7-11(10)19-13/h4-7,9H,3,8,15H2,1-2H3,(H,16,17). The lowest BCUT2D eigenvalue weighted by molar-refractivity contribution is 0.0876. The zero-order chi connectivity index (χ0) is 13.8. The Morgan fingerprint density at radius 1 is 1.47 bits per heavy atom. The van der Waals surface area contributed by atoms with Crippen LogP contribution in [-0.2, 0) is 4.74 Å². The fraction of sp³-hybridized carbons (Fsp3) is 0.357. The van der Waals surface area contributed by atoms with Crippen molar-refractivity contribution in [1.82, 2.24) is 5.32 Å². The van der Waals surface area contributed by atoms with Crippen molar-refractivity contribution in [3.63, 3.8) is 0 Å². The Kier molecular flexibility index (Phi) is 4.39. The van der Waals surface area contributed by atoms with Gasteiger partial charge in [-0.05, 0) is 19.9 Å². The molecule has 5 heteroatoms. The Hall–Kier alpha value is -1.59. The summed E-state index contributed by atoms with van der Waals surface area (Å²) in [4.78, 5) is 12.7. The lowest BCUT2D eigenvalue weighted by Gasteiger charge is -2.13. The molecule has 1 aromatic heterocycles. The molecule has 102 valence electrons. The number of fused-ring (bicyclic) bond motifs is 1. The monoisotopic (exact) mass is 278 g/mol. The lowest BCUT2D eigenvalue weighted by Crippen LogP contribution is -2.35. The number of nitrogens with one attached hydrogen (secondary N) is 1. The molecule has 0 aliphatic carbocycles. The maximum Gasteiger partial charge on any atom is 0.263 e. The first-order valence-corrected chi connectivity index (χ1v) is 7.10. The van der Waals surface area contributed by atoms with Crippen molar-refractivity contribution >= 4 is 33.0 Å². The molecule has 0 spiro atoms. The SMILES string of the molecule is CCOCC(C)NC(=O)c1sc2ccccc2c1N. The molecular formula is C14H18N2O2S. The first-order valence-electron chi connectivity index (χ1n) is 6.29. The van der Waals surface area contributed by atoms with Crippen LogP contribution in [0.2, 0.25) is 0 Å². The van der Waals surface area contributed by atoms with Crippen LogP contribution in [0.1, 0.15) is 23.5 Å². The third kappa shape index (κ3) is 3.05. The number of benzene rings is 1. The van der Waals surface area contributed by atoms with Crippen molar-refractivity contribution in [3.05, 3.63) is 29.1 Å². The normalized spacial score (nSPS) is 12.5. The van der Waals surface area contributed by atoms with Crippen molar-refractivity contribution in [1.29, 1.82) is 0 Å². The number of hydrogen-bond donors (Lipinski definition) is 2. The first kappa shape index (κ1) is 13.8. The van der Waals surface area contributed by atoms with Gasteiger partial charge in [0.1, 0.15) is 4.88 Å². The largest absolute Gasteiger partial charge is 0.397 e. The summed E-state index contributed by atoms with van der Waals surface area (Å²) in [6.07, 6.45) is 0. The van der Waals surface area contributed by atoms with Crippen molar-refractivity contribution in [2.45, 2.75) is 19.9 Å². The average Bonchev–Trinajstić information content (AvgIpc) is 2.74. The highest BCUT2D eigenvalue weighted by molar-refractivity contribution is 7.21. The summed E-state index contributed by atoms with van der Waals surface area (Å²) in [5.74, 6) is -0.133. The topological polar surface area (TPSA) is 64.3 Å². The van der Waals surface area contributed by atoms with Gasteiger partial charge in [0.25, 0.3) is 5.91 Å². The summed E-state index contributed by atoms with van der Waals surface area (Å²) >= 11 is 1.42. The molecule has 3 N–H and O–H groups in total. The Labute approximate surface area is 116 Å². The molecule has 1 aromatic carbocycles. The van der Waals surface area contributed by atoms with E-state index in [0.717, 1.165) is 10.1 Å². The molecule has 0 bridgehead atoms. The van der Waals surface area contributed by atoms with E-state index in [1.807, 2.05) is 38.1 Å². The Balaban J connectivity index is 2.15. The second kappa shape index (κ2) is 6.04. The summed E-state index contributed by atoms with van der Waals surface area (Å²) in [5.41, 5.74) is 6.59. The zero-order valence-corrected chi connectivity index (χ0v) is 11.9. The van der Waals surface area contributed by atoms with E-state index < -0.39 is 0 Å². The molecule has 0 radical (unpaired) electrons. The van der Waals surface area contributed by atoms with Crippen LogP contribution in [0.5, 0.6) is 0 Å². The van der Waals surface area contributed by atoms with Gasteiger partial charge in [0.2, 0.25) is 0 Å². The molecule has 1 heterocycles. The van der Waals surface area contributed by atoms with Crippen LogP contribution in [0.25, 0.3) is 10.1 Å². The number of nitrogens with two attached hydrogens (primary N) is 1. The second-order valence-electron chi connectivity index (χ2n) is 4.37. The molecule has 0 saturated heterocycles. The predicted octanol–water partition coefficient (Wildman–Crippen LogP) is 2.64. The number of nitrogen functional groups attached to an aromatic ring is 1. The van der Waals surface area contributed by atoms with Crippen molar-refractivity contribution in [2.75, 3.05) is 18.9 Å². The maximum absolute atomic E-state index is 12.2. The number of carbonyl (C=O) groups excluding carboxylic acids is 1. The van der Waals surface area contributed by atoms with E-state index in [1.54, 1.807) is 0 Å². The molecule has 0 saturated carbocycles. The number of carbonyl (C=O) groups is 1. The van der Waals surface area contributed by atoms with Crippen LogP contribution in [0.4, 0.5) is 5.69 Å². The smallest absolute Gasteiger partial charge is 0.263 e. The van der Waals surface area contributed by atoms with E-state index in [2.05, 4.69) is 5.32 Å². The molecule has 0 aliphatic heterocycles. The number of ether oxygens (including phenoxy) is 1. The Morgan fingerprint density at radius 3 is 2.89 bits per heavy atom. The lowest BCUT2D eigenvalue weighted by atomic mass is 10.2. The van der Waals surface area contributed by atoms with E-state index in [-0.39, 0.29) is 11.9 Å². The van der Waals surface area contributed by atoms with Gasteiger partial charge in [-0.1, -0.05) is 18.2 Å². The fourth-order valence-electron chi connectivity index (χ4n) is 1.86. The third-order valence-electron chi connectivity index (χ3n) is 2.79. The Morgan fingerprint density at radius 2 is 2.21 bits per heavy atom. The number of amides is 1. The van der Waals surface area contributed by atoms with Gasteiger partial charge < -0.3 is 15.8 Å². The van der Waals surface area contributed by atoms with Crippen LogP contribution in [-0.4, -0.2) is 25.2 Å². The highest BCUT2D eigenvalue weighted by atomic mass is 32.1. The molecule has 1 atom stereocenters. The highest BCUT2D eigenvalue weighted by Crippen LogP contribution is 2.33. The second-order valence-corrected chi connectivity index (χ2v) is 5.43. The molecular weight excluding hydrogens is 260 g/mol. The molecule has 0 fully saturated rings. The van der Waals surface area contributed by atoms with Crippen LogP contribution < -0.4 is 11.1 Å². The van der Waals surface area contributed by atoms with Gasteiger partial charge in [0, 0.05) is 22.7 Å². The van der Waals surface area contributed by atoms with E-state index in [9.17, 15) is 4.79 Å². The van der Waals surface area contributed by atoms with Gasteiger partial charge in [0.15, 0.2) is 0 Å². The molecule has 1 amide bonds. The number of rotatable bonds is 5. The number of thiophene rings is 1. The van der Waals surface area contributed by atoms with E-state index in [1.165, 1.54) is 11.3 Å². The maximum atomic E-state index is 12.2. The van der Waals surface area contributed by atoms with Crippen LogP contribution in [0.3, 0.4) is 0 Å². The van der Waals surface area contributed by atoms with Gasteiger partial charge >= 0.3 is 0 Å². The summed E-state index contributed by atoms with van der Waals surface area (Å²) in [7, 11) is 0. The van der Waals surface area contributed by atoms with Crippen molar-refractivity contribution in [2.24, 2.45) is 0 Å². The van der Waals surface area contributed by atoms with E-state index in [0.29, 0.717) is 23.8 Å². The summed E-state index contributed by atoms with van der Waals surface area (Å²) < 4.78 is 6.31. The van der Waals surface area contributed by atoms with Gasteiger partial charge in [-0.3, -0.25) is 4.79 Å². The fourth-order valence-corrected chi connectivity index (χ4v) is 2.89. The molecule has 0 aliphatic rings. The number of hydrogen-bond acceptors (Lipinski definition) is 4. The highest BCUT2D eigenvalue weighted by Gasteiger charge is 2.17. The molecule has 1 unspecified atom stereocenters. The van der Waals surface area contributed by atoms with Gasteiger partial charge in [-0.2, -0.15) is 0 Å². The minimum Gasteiger partial charge on any atom is -0.397 e. The summed E-state index contributed by atoms with van der Waals surface area (Å²) in [5, 5.41) is 3.84. The van der Waals surface area contributed by atoms with E-state index >= 15 is 0 Å². The van der Waals surface area contributed by atoms with Gasteiger partial charge in [-0.25, -0.2) is 0 Å².